The quantitative estimate of drug-likeness (QED) is 0.635. The first-order valence-electron chi connectivity index (χ1n) is 6.84. The van der Waals surface area contributed by atoms with Crippen LogP contribution in [0.5, 0.6) is 0 Å². The van der Waals surface area contributed by atoms with Crippen LogP contribution in [0.2, 0.25) is 0 Å². The van der Waals surface area contributed by atoms with Crippen molar-refractivity contribution in [1.29, 1.82) is 0 Å². The number of aromatic amines is 1. The van der Waals surface area contributed by atoms with Crippen molar-refractivity contribution in [2.45, 2.75) is 18.5 Å². The topological polar surface area (TPSA) is 45.3 Å². The van der Waals surface area contributed by atoms with Gasteiger partial charge in [0.05, 0.1) is 7.11 Å². The van der Waals surface area contributed by atoms with Gasteiger partial charge in [-0.25, -0.2) is 4.79 Å². The fourth-order valence-corrected chi connectivity index (χ4v) is 3.52. The maximum atomic E-state index is 12.3. The first kappa shape index (κ1) is 11.7. The number of hydrogen-bond donors (Lipinski definition) is 1. The molecule has 1 N–H and O–H groups in total. The number of ether oxygens (including phenoxy) is 1. The highest BCUT2D eigenvalue weighted by Gasteiger charge is 2.49. The fourth-order valence-electron chi connectivity index (χ4n) is 3.52. The molecular weight excluding hydrogens is 252 g/mol. The van der Waals surface area contributed by atoms with Gasteiger partial charge < -0.3 is 9.72 Å². The van der Waals surface area contributed by atoms with Crippen molar-refractivity contribution < 1.29 is 9.53 Å². The number of esters is 1. The fraction of sp³-hybridized carbons (Fsp3) is 0.312. The van der Waals surface area contributed by atoms with Gasteiger partial charge in [0.2, 0.25) is 0 Å². The molecule has 1 atom stereocenters. The molecule has 0 radical (unpaired) electrons. The normalized spacial score (nSPS) is 24.6. The first-order valence-corrected chi connectivity index (χ1v) is 6.84. The van der Waals surface area contributed by atoms with E-state index in [1.165, 1.54) is 23.8 Å². The number of para-hydroxylation sites is 1. The summed E-state index contributed by atoms with van der Waals surface area (Å²) < 4.78 is 5.06. The van der Waals surface area contributed by atoms with Crippen LogP contribution in [0, 0.1) is 0 Å². The van der Waals surface area contributed by atoms with Gasteiger partial charge in [-0.15, -0.1) is 0 Å². The summed E-state index contributed by atoms with van der Waals surface area (Å²) in [6.07, 6.45) is 4.74. The number of carbonyl (C=O) groups is 1. The van der Waals surface area contributed by atoms with Gasteiger partial charge in [0.25, 0.3) is 0 Å². The molecule has 4 heteroatoms. The molecule has 1 aromatic carbocycles. The van der Waals surface area contributed by atoms with Gasteiger partial charge in [0, 0.05) is 36.1 Å². The lowest BCUT2D eigenvalue weighted by molar-refractivity contribution is -0.152. The second-order valence-corrected chi connectivity index (χ2v) is 5.50. The monoisotopic (exact) mass is 268 g/mol. The molecule has 2 aliphatic rings. The molecule has 4 nitrogen and oxygen atoms in total. The summed E-state index contributed by atoms with van der Waals surface area (Å²) in [6, 6.07) is 8.27. The van der Waals surface area contributed by atoms with E-state index in [0.717, 1.165) is 18.6 Å². The van der Waals surface area contributed by atoms with Crippen LogP contribution in [0.4, 0.5) is 0 Å². The molecule has 1 unspecified atom stereocenters. The lowest BCUT2D eigenvalue weighted by Gasteiger charge is -2.39. The molecule has 0 bridgehead atoms. The zero-order valence-corrected chi connectivity index (χ0v) is 11.3. The molecule has 0 saturated heterocycles. The van der Waals surface area contributed by atoms with Crippen LogP contribution in [0.3, 0.4) is 0 Å². The molecule has 3 heterocycles. The Morgan fingerprint density at radius 3 is 3.10 bits per heavy atom. The lowest BCUT2D eigenvalue weighted by Crippen LogP contribution is -2.54. The zero-order chi connectivity index (χ0) is 13.7. The number of rotatable bonds is 1. The van der Waals surface area contributed by atoms with Crippen LogP contribution in [0.1, 0.15) is 11.3 Å². The minimum absolute atomic E-state index is 0.165. The van der Waals surface area contributed by atoms with Crippen molar-refractivity contribution in [3.05, 3.63) is 47.7 Å². The third-order valence-corrected chi connectivity index (χ3v) is 4.52. The van der Waals surface area contributed by atoms with Gasteiger partial charge in [-0.3, -0.25) is 4.90 Å². The Morgan fingerprint density at radius 1 is 1.40 bits per heavy atom. The van der Waals surface area contributed by atoms with Gasteiger partial charge in [0.15, 0.2) is 0 Å². The number of carbonyl (C=O) groups excluding carboxylic acids is 1. The van der Waals surface area contributed by atoms with Crippen LogP contribution in [0.25, 0.3) is 10.9 Å². The molecular formula is C16H16N2O2. The van der Waals surface area contributed by atoms with E-state index in [-0.39, 0.29) is 5.97 Å². The Labute approximate surface area is 117 Å². The van der Waals surface area contributed by atoms with Crippen molar-refractivity contribution in [3.8, 4) is 0 Å². The molecule has 0 fully saturated rings. The SMILES string of the molecule is COC(=O)C12C=CCN1Cc1[nH]c3ccccc3c1C2. The van der Waals surface area contributed by atoms with Crippen LogP contribution in [-0.2, 0) is 22.5 Å². The maximum Gasteiger partial charge on any atom is 0.330 e. The number of benzene rings is 1. The Balaban J connectivity index is 1.89. The van der Waals surface area contributed by atoms with Crippen molar-refractivity contribution in [3.63, 3.8) is 0 Å². The molecule has 4 rings (SSSR count). The molecule has 2 aliphatic heterocycles. The molecule has 0 aliphatic carbocycles. The minimum atomic E-state index is -0.618. The molecule has 0 amide bonds. The highest BCUT2D eigenvalue weighted by molar-refractivity contribution is 5.89. The van der Waals surface area contributed by atoms with Gasteiger partial charge >= 0.3 is 5.97 Å². The number of H-pyrrole nitrogens is 1. The average Bonchev–Trinajstić information content (AvgIpc) is 3.04. The summed E-state index contributed by atoms with van der Waals surface area (Å²) in [5, 5.41) is 1.21. The Hall–Kier alpha value is -2.07. The van der Waals surface area contributed by atoms with E-state index in [1.54, 1.807) is 0 Å². The highest BCUT2D eigenvalue weighted by Crippen LogP contribution is 2.39. The molecule has 1 aromatic heterocycles. The third kappa shape index (κ3) is 1.37. The predicted octanol–water partition coefficient (Wildman–Crippen LogP) is 2.01. The van der Waals surface area contributed by atoms with Crippen LogP contribution >= 0.6 is 0 Å². The largest absolute Gasteiger partial charge is 0.467 e. The number of methoxy groups -OCH3 is 1. The maximum absolute atomic E-state index is 12.3. The number of nitrogens with zero attached hydrogens (tertiary/aromatic N) is 1. The number of fused-ring (bicyclic) bond motifs is 4. The van der Waals surface area contributed by atoms with E-state index in [2.05, 4.69) is 28.1 Å². The Bertz CT molecular complexity index is 731. The van der Waals surface area contributed by atoms with Crippen LogP contribution in [-0.4, -0.2) is 35.0 Å². The van der Waals surface area contributed by atoms with E-state index >= 15 is 0 Å². The summed E-state index contributed by atoms with van der Waals surface area (Å²) >= 11 is 0. The Morgan fingerprint density at radius 2 is 2.25 bits per heavy atom. The average molecular weight is 268 g/mol. The molecule has 20 heavy (non-hydrogen) atoms. The number of nitrogens with one attached hydrogen (secondary N) is 1. The van der Waals surface area contributed by atoms with E-state index < -0.39 is 5.54 Å². The van der Waals surface area contributed by atoms with E-state index in [4.69, 9.17) is 4.74 Å². The zero-order valence-electron chi connectivity index (χ0n) is 11.3. The van der Waals surface area contributed by atoms with Crippen molar-refractivity contribution >= 4 is 16.9 Å². The molecule has 2 aromatic rings. The van der Waals surface area contributed by atoms with Crippen LogP contribution in [0.15, 0.2) is 36.4 Å². The van der Waals surface area contributed by atoms with Crippen LogP contribution < -0.4 is 0 Å². The lowest BCUT2D eigenvalue weighted by atomic mass is 9.85. The summed E-state index contributed by atoms with van der Waals surface area (Å²) in [7, 11) is 1.46. The summed E-state index contributed by atoms with van der Waals surface area (Å²) in [5.41, 5.74) is 2.98. The highest BCUT2D eigenvalue weighted by atomic mass is 16.5. The van der Waals surface area contributed by atoms with Crippen molar-refractivity contribution in [1.82, 2.24) is 9.88 Å². The summed E-state index contributed by atoms with van der Waals surface area (Å²) in [4.78, 5) is 18.0. The van der Waals surface area contributed by atoms with E-state index in [0.29, 0.717) is 6.42 Å². The van der Waals surface area contributed by atoms with Gasteiger partial charge in [-0.2, -0.15) is 0 Å². The van der Waals surface area contributed by atoms with E-state index in [1.807, 2.05) is 18.2 Å². The standard InChI is InChI=1S/C16H16N2O2/c1-20-15(19)16-7-4-8-18(16)10-14-12(9-16)11-5-2-3-6-13(11)17-14/h2-7,17H,8-10H2,1H3. The number of aromatic nitrogens is 1. The summed E-state index contributed by atoms with van der Waals surface area (Å²) in [5.74, 6) is -0.165. The molecule has 0 saturated carbocycles. The summed E-state index contributed by atoms with van der Waals surface area (Å²) in [6.45, 7) is 1.55. The smallest absolute Gasteiger partial charge is 0.330 e. The van der Waals surface area contributed by atoms with E-state index in [9.17, 15) is 4.79 Å². The molecule has 0 spiro atoms. The first-order chi connectivity index (χ1) is 9.74. The number of hydrogen-bond acceptors (Lipinski definition) is 3. The van der Waals surface area contributed by atoms with Crippen molar-refractivity contribution in [2.75, 3.05) is 13.7 Å². The third-order valence-electron chi connectivity index (χ3n) is 4.52. The second kappa shape index (κ2) is 3.96. The second-order valence-electron chi connectivity index (χ2n) is 5.50. The molecule has 102 valence electrons. The van der Waals surface area contributed by atoms with Gasteiger partial charge in [-0.1, -0.05) is 30.4 Å². The van der Waals surface area contributed by atoms with Crippen molar-refractivity contribution in [2.24, 2.45) is 0 Å². The Kier molecular flexibility index (Phi) is 2.32. The minimum Gasteiger partial charge on any atom is -0.467 e. The predicted molar refractivity (Wildman–Crippen MR) is 76.3 cm³/mol. The van der Waals surface area contributed by atoms with Gasteiger partial charge in [0.1, 0.15) is 5.54 Å². The van der Waals surface area contributed by atoms with Gasteiger partial charge in [-0.05, 0) is 11.6 Å².